The molecule has 1 fully saturated rings. The minimum atomic E-state index is -1.00. The zero-order valence-corrected chi connectivity index (χ0v) is 19.6. The Morgan fingerprint density at radius 3 is 2.48 bits per heavy atom. The first kappa shape index (κ1) is 23.3. The van der Waals surface area contributed by atoms with E-state index in [-0.39, 0.29) is 23.0 Å². The molecule has 174 valence electrons. The Hall–Kier alpha value is -2.90. The van der Waals surface area contributed by atoms with E-state index in [9.17, 15) is 19.5 Å². The van der Waals surface area contributed by atoms with E-state index in [2.05, 4.69) is 5.32 Å². The van der Waals surface area contributed by atoms with Gasteiger partial charge in [-0.1, -0.05) is 44.5 Å². The molecule has 7 nitrogen and oxygen atoms in total. The number of nitrogens with one attached hydrogen (secondary N) is 1. The van der Waals surface area contributed by atoms with E-state index in [0.717, 1.165) is 11.1 Å². The maximum absolute atomic E-state index is 13.5. The van der Waals surface area contributed by atoms with E-state index in [1.54, 1.807) is 23.1 Å². The quantitative estimate of drug-likeness (QED) is 0.624. The fraction of sp³-hybridized carbons (Fsp3) is 0.400. The van der Waals surface area contributed by atoms with Gasteiger partial charge in [0.2, 0.25) is 11.8 Å². The number of primary amides is 1. The number of carbonyl (C=O) groups excluding carboxylic acids is 3. The molecule has 0 aromatic heterocycles. The predicted molar refractivity (Wildman–Crippen MR) is 125 cm³/mol. The van der Waals surface area contributed by atoms with E-state index in [0.29, 0.717) is 24.5 Å². The monoisotopic (exact) mass is 469 g/mol. The number of fused-ring (bicyclic) bond motifs is 4. The van der Waals surface area contributed by atoms with Gasteiger partial charge < -0.3 is 21.1 Å². The number of hydrogen-bond donors (Lipinski definition) is 3. The summed E-state index contributed by atoms with van der Waals surface area (Å²) in [6.45, 7) is 6.38. The van der Waals surface area contributed by atoms with Gasteiger partial charge in [0.05, 0.1) is 0 Å². The van der Waals surface area contributed by atoms with E-state index < -0.39 is 28.9 Å². The average Bonchev–Trinajstić information content (AvgIpc) is 2.78. The number of rotatable bonds is 5. The van der Waals surface area contributed by atoms with Crippen molar-refractivity contribution >= 4 is 29.3 Å². The molecule has 0 spiro atoms. The molecule has 2 aliphatic rings. The first-order chi connectivity index (χ1) is 15.5. The summed E-state index contributed by atoms with van der Waals surface area (Å²) in [5.41, 5.74) is 5.97. The van der Waals surface area contributed by atoms with Crippen LogP contribution in [0.5, 0.6) is 0 Å². The van der Waals surface area contributed by atoms with Gasteiger partial charge in [-0.25, -0.2) is 0 Å². The molecule has 8 heteroatoms. The number of likely N-dealkylation sites (tertiary alicyclic amines) is 1. The van der Waals surface area contributed by atoms with Crippen LogP contribution in [-0.4, -0.2) is 46.9 Å². The standard InChI is InChI=1S/C25H28ClN3O4/c1-14(2)20(28-22(31)16-6-4-5-15(11-16)21(27)30)23(32)29-10-9-25(33)18-8-7-17(26)12-19(18)24(25,3)13-29/h4-8,11-12,14,20,33H,9-10,13H2,1-3H3,(H2,27,30)(H,28,31)/t20-,24?,25+/m1/s1. The van der Waals surface area contributed by atoms with Gasteiger partial charge in [-0.3, -0.25) is 14.4 Å². The number of amides is 3. The number of aliphatic hydroxyl groups is 1. The summed E-state index contributed by atoms with van der Waals surface area (Å²) in [4.78, 5) is 39.5. The van der Waals surface area contributed by atoms with Crippen molar-refractivity contribution < 1.29 is 19.5 Å². The van der Waals surface area contributed by atoms with Crippen LogP contribution in [0.1, 0.15) is 59.0 Å². The fourth-order valence-electron chi connectivity index (χ4n) is 5.11. The van der Waals surface area contributed by atoms with Crippen LogP contribution in [0, 0.1) is 5.92 Å². The molecule has 3 amide bonds. The summed E-state index contributed by atoms with van der Waals surface area (Å²) < 4.78 is 0. The van der Waals surface area contributed by atoms with Gasteiger partial charge in [0, 0.05) is 34.7 Å². The van der Waals surface area contributed by atoms with Crippen LogP contribution in [-0.2, 0) is 15.8 Å². The highest BCUT2D eigenvalue weighted by Crippen LogP contribution is 2.59. The maximum atomic E-state index is 13.5. The molecule has 2 aromatic carbocycles. The summed E-state index contributed by atoms with van der Waals surface area (Å²) in [5, 5.41) is 14.8. The minimum absolute atomic E-state index is 0.169. The topological polar surface area (TPSA) is 113 Å². The van der Waals surface area contributed by atoms with Crippen molar-refractivity contribution in [2.24, 2.45) is 11.7 Å². The molecule has 1 aliphatic heterocycles. The zero-order valence-electron chi connectivity index (χ0n) is 18.9. The number of piperidine rings is 1. The Labute approximate surface area is 197 Å². The SMILES string of the molecule is CC(C)[C@@H](NC(=O)c1cccc(C(N)=O)c1)C(=O)N1CC[C@]2(O)c3ccc(Cl)cc3C2(C)C1. The Morgan fingerprint density at radius 2 is 1.82 bits per heavy atom. The molecule has 4 N–H and O–H groups in total. The van der Waals surface area contributed by atoms with E-state index in [4.69, 9.17) is 17.3 Å². The highest BCUT2D eigenvalue weighted by Gasteiger charge is 2.62. The average molecular weight is 470 g/mol. The summed E-state index contributed by atoms with van der Waals surface area (Å²) in [6.07, 6.45) is 0.406. The molecule has 2 aromatic rings. The summed E-state index contributed by atoms with van der Waals surface area (Å²) in [6, 6.07) is 10.8. The van der Waals surface area contributed by atoms with Gasteiger partial charge in [0.1, 0.15) is 11.6 Å². The lowest BCUT2D eigenvalue weighted by Crippen LogP contribution is -2.68. The highest BCUT2D eigenvalue weighted by molar-refractivity contribution is 6.30. The number of hydrogen-bond acceptors (Lipinski definition) is 4. The summed E-state index contributed by atoms with van der Waals surface area (Å²) in [5.74, 6) is -1.46. The van der Waals surface area contributed by atoms with Gasteiger partial charge in [-0.05, 0) is 53.8 Å². The van der Waals surface area contributed by atoms with E-state index in [1.807, 2.05) is 32.9 Å². The lowest BCUT2D eigenvalue weighted by atomic mass is 9.51. The molecule has 1 aliphatic carbocycles. The van der Waals surface area contributed by atoms with Gasteiger partial charge in [-0.15, -0.1) is 0 Å². The van der Waals surface area contributed by atoms with Crippen molar-refractivity contribution in [1.82, 2.24) is 10.2 Å². The Morgan fingerprint density at radius 1 is 1.12 bits per heavy atom. The molecule has 1 saturated heterocycles. The molecule has 33 heavy (non-hydrogen) atoms. The lowest BCUT2D eigenvalue weighted by molar-refractivity contribution is -0.153. The van der Waals surface area contributed by atoms with Crippen LogP contribution in [0.15, 0.2) is 42.5 Å². The fourth-order valence-corrected chi connectivity index (χ4v) is 5.28. The predicted octanol–water partition coefficient (Wildman–Crippen LogP) is 2.58. The van der Waals surface area contributed by atoms with Crippen molar-refractivity contribution in [3.63, 3.8) is 0 Å². The largest absolute Gasteiger partial charge is 0.384 e. The maximum Gasteiger partial charge on any atom is 0.251 e. The summed E-state index contributed by atoms with van der Waals surface area (Å²) >= 11 is 6.19. The van der Waals surface area contributed by atoms with Gasteiger partial charge in [0.15, 0.2) is 0 Å². The number of nitrogens with zero attached hydrogens (tertiary/aromatic N) is 1. The normalized spacial score (nSPS) is 24.4. The van der Waals surface area contributed by atoms with Gasteiger partial charge in [0.25, 0.3) is 5.91 Å². The molecule has 1 heterocycles. The molecule has 1 unspecified atom stereocenters. The van der Waals surface area contributed by atoms with Crippen LogP contribution < -0.4 is 11.1 Å². The third kappa shape index (κ3) is 3.69. The molecular weight excluding hydrogens is 442 g/mol. The van der Waals surface area contributed by atoms with Gasteiger partial charge in [-0.2, -0.15) is 0 Å². The first-order valence-corrected chi connectivity index (χ1v) is 11.4. The minimum Gasteiger partial charge on any atom is -0.384 e. The molecule has 0 bridgehead atoms. The molecule has 0 radical (unpaired) electrons. The highest BCUT2D eigenvalue weighted by atomic mass is 35.5. The third-order valence-electron chi connectivity index (χ3n) is 7.13. The second-order valence-electron chi connectivity index (χ2n) is 9.53. The number of carbonyl (C=O) groups is 3. The summed E-state index contributed by atoms with van der Waals surface area (Å²) in [7, 11) is 0. The second kappa shape index (κ2) is 8.15. The van der Waals surface area contributed by atoms with Crippen molar-refractivity contribution in [1.29, 1.82) is 0 Å². The Balaban J connectivity index is 1.54. The van der Waals surface area contributed by atoms with Crippen LogP contribution in [0.3, 0.4) is 0 Å². The first-order valence-electron chi connectivity index (χ1n) is 11.0. The molecule has 3 atom stereocenters. The Bertz CT molecular complexity index is 1150. The third-order valence-corrected chi connectivity index (χ3v) is 7.36. The van der Waals surface area contributed by atoms with Crippen molar-refractivity contribution in [2.75, 3.05) is 13.1 Å². The van der Waals surface area contributed by atoms with Crippen molar-refractivity contribution in [3.8, 4) is 0 Å². The second-order valence-corrected chi connectivity index (χ2v) is 9.97. The number of halogens is 1. The number of nitrogens with two attached hydrogens (primary N) is 1. The van der Waals surface area contributed by atoms with Crippen LogP contribution >= 0.6 is 11.6 Å². The molecule has 0 saturated carbocycles. The smallest absolute Gasteiger partial charge is 0.251 e. The molecule has 4 rings (SSSR count). The van der Waals surface area contributed by atoms with E-state index >= 15 is 0 Å². The van der Waals surface area contributed by atoms with Crippen LogP contribution in [0.4, 0.5) is 0 Å². The zero-order chi connectivity index (χ0) is 24.1. The van der Waals surface area contributed by atoms with Crippen molar-refractivity contribution in [3.05, 3.63) is 69.7 Å². The van der Waals surface area contributed by atoms with Crippen LogP contribution in [0.25, 0.3) is 0 Å². The molecular formula is C25H28ClN3O4. The lowest BCUT2D eigenvalue weighted by Gasteiger charge is -2.61. The number of benzene rings is 2. The van der Waals surface area contributed by atoms with Crippen LogP contribution in [0.2, 0.25) is 5.02 Å². The Kier molecular flexibility index (Phi) is 5.75. The van der Waals surface area contributed by atoms with E-state index in [1.165, 1.54) is 12.1 Å². The van der Waals surface area contributed by atoms with Crippen molar-refractivity contribution in [2.45, 2.75) is 44.2 Å². The van der Waals surface area contributed by atoms with Gasteiger partial charge >= 0.3 is 0 Å².